The van der Waals surface area contributed by atoms with Gasteiger partial charge < -0.3 is 5.11 Å². The number of phenols is 1. The molecule has 1 fully saturated rings. The first-order valence-corrected chi connectivity index (χ1v) is 6.90. The van der Waals surface area contributed by atoms with Crippen molar-refractivity contribution in [2.24, 2.45) is 4.99 Å². The molecule has 0 bridgehead atoms. The lowest BCUT2D eigenvalue weighted by Crippen LogP contribution is -2.16. The van der Waals surface area contributed by atoms with Gasteiger partial charge in [0.25, 0.3) is 5.69 Å². The molecule has 0 heterocycles. The van der Waals surface area contributed by atoms with E-state index in [2.05, 4.69) is 4.99 Å². The Morgan fingerprint density at radius 2 is 2.15 bits per heavy atom. The summed E-state index contributed by atoms with van der Waals surface area (Å²) in [5.74, 6) is 0.104. The molecule has 1 aromatic rings. The Morgan fingerprint density at radius 3 is 2.65 bits per heavy atom. The van der Waals surface area contributed by atoms with Crippen molar-refractivity contribution in [3.63, 3.8) is 0 Å². The Bertz CT molecular complexity index is 560. The van der Waals surface area contributed by atoms with E-state index in [1.807, 2.05) is 20.8 Å². The topological polar surface area (TPSA) is 75.7 Å². The average Bonchev–Trinajstić information content (AvgIpc) is 3.21. The summed E-state index contributed by atoms with van der Waals surface area (Å²) in [4.78, 5) is 14.9. The molecule has 1 saturated carbocycles. The highest BCUT2D eigenvalue weighted by Crippen LogP contribution is 2.38. The second kappa shape index (κ2) is 5.23. The molecule has 2 rings (SSSR count). The van der Waals surface area contributed by atoms with Gasteiger partial charge in [0.15, 0.2) is 0 Å². The largest absolute Gasteiger partial charge is 0.507 e. The fraction of sp³-hybridized carbons (Fsp3) is 0.533. The standard InChI is InChI=1S/C15H20N2O3/c1-4-15(2,3)13-8-12(17(19)20)7-10(14(13)18)9-16-11-5-6-11/h7-9,11,18H,4-6H2,1-3H3. The predicted molar refractivity (Wildman–Crippen MR) is 78.7 cm³/mol. The van der Waals surface area contributed by atoms with E-state index in [-0.39, 0.29) is 16.9 Å². The van der Waals surface area contributed by atoms with E-state index in [0.29, 0.717) is 17.2 Å². The molecule has 20 heavy (non-hydrogen) atoms. The molecular formula is C15H20N2O3. The lowest BCUT2D eigenvalue weighted by Gasteiger charge is -2.24. The number of aliphatic imine (C=N–C) groups is 1. The van der Waals surface area contributed by atoms with Gasteiger partial charge in [0.2, 0.25) is 0 Å². The van der Waals surface area contributed by atoms with Gasteiger partial charge in [0.05, 0.1) is 11.0 Å². The maximum absolute atomic E-state index is 11.1. The summed E-state index contributed by atoms with van der Waals surface area (Å²) in [6.07, 6.45) is 4.45. The number of hydrogen-bond donors (Lipinski definition) is 1. The highest BCUT2D eigenvalue weighted by atomic mass is 16.6. The molecule has 5 heteroatoms. The zero-order chi connectivity index (χ0) is 14.9. The normalized spacial score (nSPS) is 15.8. The Morgan fingerprint density at radius 1 is 1.50 bits per heavy atom. The van der Waals surface area contributed by atoms with E-state index < -0.39 is 4.92 Å². The van der Waals surface area contributed by atoms with E-state index in [9.17, 15) is 15.2 Å². The molecule has 0 amide bonds. The summed E-state index contributed by atoms with van der Waals surface area (Å²) < 4.78 is 0. The summed E-state index contributed by atoms with van der Waals surface area (Å²) in [6.45, 7) is 5.93. The molecule has 1 aliphatic carbocycles. The number of non-ortho nitro benzene ring substituents is 1. The second-order valence-corrected chi connectivity index (χ2v) is 5.94. The quantitative estimate of drug-likeness (QED) is 0.507. The zero-order valence-electron chi connectivity index (χ0n) is 12.1. The van der Waals surface area contributed by atoms with Gasteiger partial charge >= 0.3 is 0 Å². The molecule has 1 aliphatic rings. The van der Waals surface area contributed by atoms with Gasteiger partial charge in [0.1, 0.15) is 5.75 Å². The molecule has 0 atom stereocenters. The van der Waals surface area contributed by atoms with Crippen LogP contribution in [0.3, 0.4) is 0 Å². The highest BCUT2D eigenvalue weighted by Gasteiger charge is 2.27. The molecular weight excluding hydrogens is 256 g/mol. The molecule has 1 aromatic carbocycles. The number of nitrogens with zero attached hydrogens (tertiary/aromatic N) is 2. The van der Waals surface area contributed by atoms with Crippen LogP contribution in [0.15, 0.2) is 17.1 Å². The van der Waals surface area contributed by atoms with Crippen molar-refractivity contribution >= 4 is 11.9 Å². The lowest BCUT2D eigenvalue weighted by atomic mass is 9.80. The number of nitro groups is 1. The SMILES string of the molecule is CCC(C)(C)c1cc([N+](=O)[O-])cc(C=NC2CC2)c1O. The van der Waals surface area contributed by atoms with Gasteiger partial charge in [-0.05, 0) is 24.7 Å². The number of hydrogen-bond acceptors (Lipinski definition) is 4. The molecule has 5 nitrogen and oxygen atoms in total. The minimum atomic E-state index is -0.427. The van der Waals surface area contributed by atoms with Crippen LogP contribution in [0.1, 0.15) is 51.2 Å². The zero-order valence-corrected chi connectivity index (χ0v) is 12.1. The van der Waals surface area contributed by atoms with Crippen molar-refractivity contribution in [2.75, 3.05) is 0 Å². The van der Waals surface area contributed by atoms with Gasteiger partial charge in [-0.15, -0.1) is 0 Å². The first-order chi connectivity index (χ1) is 9.35. The van der Waals surface area contributed by atoms with Gasteiger partial charge in [-0.3, -0.25) is 15.1 Å². The van der Waals surface area contributed by atoms with Gasteiger partial charge in [0, 0.05) is 29.5 Å². The Kier molecular flexibility index (Phi) is 3.79. The summed E-state index contributed by atoms with van der Waals surface area (Å²) in [5.41, 5.74) is 0.712. The third-order valence-corrected chi connectivity index (χ3v) is 3.92. The number of benzene rings is 1. The molecule has 0 aliphatic heterocycles. The maximum Gasteiger partial charge on any atom is 0.270 e. The summed E-state index contributed by atoms with van der Waals surface area (Å²) in [7, 11) is 0. The van der Waals surface area contributed by atoms with Crippen molar-refractivity contribution in [2.45, 2.75) is 51.5 Å². The van der Waals surface area contributed by atoms with E-state index in [1.165, 1.54) is 12.1 Å². The van der Waals surface area contributed by atoms with E-state index in [1.54, 1.807) is 6.21 Å². The average molecular weight is 276 g/mol. The molecule has 0 aromatic heterocycles. The number of rotatable bonds is 5. The maximum atomic E-state index is 11.1. The van der Waals surface area contributed by atoms with Gasteiger partial charge in [-0.25, -0.2) is 0 Å². The van der Waals surface area contributed by atoms with Crippen LogP contribution in [0.4, 0.5) is 5.69 Å². The first kappa shape index (κ1) is 14.5. The molecule has 0 radical (unpaired) electrons. The molecule has 0 saturated heterocycles. The third-order valence-electron chi connectivity index (χ3n) is 3.92. The minimum Gasteiger partial charge on any atom is -0.507 e. The van der Waals surface area contributed by atoms with E-state index in [4.69, 9.17) is 0 Å². The van der Waals surface area contributed by atoms with Crippen LogP contribution in [-0.4, -0.2) is 22.3 Å². The molecule has 0 spiro atoms. The minimum absolute atomic E-state index is 0.00317. The van der Waals surface area contributed by atoms with Crippen molar-refractivity contribution in [3.05, 3.63) is 33.4 Å². The Balaban J connectivity index is 2.52. The van der Waals surface area contributed by atoms with Crippen molar-refractivity contribution in [3.8, 4) is 5.75 Å². The smallest absolute Gasteiger partial charge is 0.270 e. The van der Waals surface area contributed by atoms with Gasteiger partial charge in [-0.2, -0.15) is 0 Å². The van der Waals surface area contributed by atoms with Crippen LogP contribution >= 0.6 is 0 Å². The molecule has 1 N–H and O–H groups in total. The first-order valence-electron chi connectivity index (χ1n) is 6.90. The van der Waals surface area contributed by atoms with Crippen LogP contribution in [0, 0.1) is 10.1 Å². The lowest BCUT2D eigenvalue weighted by molar-refractivity contribution is -0.385. The monoisotopic (exact) mass is 276 g/mol. The van der Waals surface area contributed by atoms with Crippen LogP contribution in [-0.2, 0) is 5.41 Å². The Hall–Kier alpha value is -1.91. The molecule has 0 unspecified atom stereocenters. The van der Waals surface area contributed by atoms with E-state index >= 15 is 0 Å². The van der Waals surface area contributed by atoms with Crippen LogP contribution in [0.25, 0.3) is 0 Å². The fourth-order valence-electron chi connectivity index (χ4n) is 1.96. The van der Waals surface area contributed by atoms with Gasteiger partial charge in [-0.1, -0.05) is 20.8 Å². The van der Waals surface area contributed by atoms with Crippen LogP contribution in [0.5, 0.6) is 5.75 Å². The summed E-state index contributed by atoms with van der Waals surface area (Å²) >= 11 is 0. The second-order valence-electron chi connectivity index (χ2n) is 5.94. The predicted octanol–water partition coefficient (Wildman–Crippen LogP) is 3.57. The summed E-state index contributed by atoms with van der Waals surface area (Å²) in [6, 6.07) is 3.17. The number of aromatic hydroxyl groups is 1. The van der Waals surface area contributed by atoms with Crippen molar-refractivity contribution in [1.82, 2.24) is 0 Å². The number of nitro benzene ring substituents is 1. The van der Waals surface area contributed by atoms with Crippen molar-refractivity contribution < 1.29 is 10.0 Å². The molecule has 108 valence electrons. The van der Waals surface area contributed by atoms with Crippen LogP contribution < -0.4 is 0 Å². The number of phenolic OH excluding ortho intramolecular Hbond substituents is 1. The summed E-state index contributed by atoms with van der Waals surface area (Å²) in [5, 5.41) is 21.4. The fourth-order valence-corrected chi connectivity index (χ4v) is 1.96. The van der Waals surface area contributed by atoms with E-state index in [0.717, 1.165) is 19.3 Å². The highest BCUT2D eigenvalue weighted by molar-refractivity contribution is 5.86. The Labute approximate surface area is 118 Å². The third kappa shape index (κ3) is 2.98. The van der Waals surface area contributed by atoms with Crippen LogP contribution in [0.2, 0.25) is 0 Å². The van der Waals surface area contributed by atoms with Crippen molar-refractivity contribution in [1.29, 1.82) is 0 Å².